The Balaban J connectivity index is 1.47. The molecular formula is C25H22Cl2N4O4. The zero-order valence-corrected chi connectivity index (χ0v) is 20.4. The van der Waals surface area contributed by atoms with E-state index in [2.05, 4.69) is 10.1 Å². The first-order valence-electron chi connectivity index (χ1n) is 11.3. The number of halogens is 2. The van der Waals surface area contributed by atoms with Gasteiger partial charge in [-0.3, -0.25) is 14.0 Å². The maximum absolute atomic E-state index is 13.3. The van der Waals surface area contributed by atoms with E-state index in [1.807, 2.05) is 24.3 Å². The fraction of sp³-hybridized carbons (Fsp3) is 0.280. The lowest BCUT2D eigenvalue weighted by Gasteiger charge is -2.17. The van der Waals surface area contributed by atoms with E-state index in [0.717, 1.165) is 18.4 Å². The Hall–Kier alpha value is -3.36. The first-order chi connectivity index (χ1) is 17.0. The first-order valence-corrected chi connectivity index (χ1v) is 12.0. The normalized spacial score (nSPS) is 14.1. The zero-order valence-electron chi connectivity index (χ0n) is 18.9. The molecule has 0 saturated heterocycles. The van der Waals surface area contributed by atoms with Crippen LogP contribution in [0.5, 0.6) is 5.88 Å². The largest absolute Gasteiger partial charge is 0.463 e. The van der Waals surface area contributed by atoms with E-state index >= 15 is 0 Å². The Morgan fingerprint density at radius 3 is 2.71 bits per heavy atom. The molecule has 1 aliphatic carbocycles. The van der Waals surface area contributed by atoms with Crippen LogP contribution in [0, 0.1) is 5.92 Å². The molecule has 0 N–H and O–H groups in total. The first kappa shape index (κ1) is 23.4. The summed E-state index contributed by atoms with van der Waals surface area (Å²) in [5.74, 6) is -0.133. The van der Waals surface area contributed by atoms with E-state index in [0.29, 0.717) is 28.2 Å². The van der Waals surface area contributed by atoms with Gasteiger partial charge < -0.3 is 9.47 Å². The molecule has 0 spiro atoms. The summed E-state index contributed by atoms with van der Waals surface area (Å²) in [6.45, 7) is 2.45. The molecule has 1 aromatic carbocycles. The standard InChI is InChI=1S/C25H22Cl2N4O4/c1-2-34-25(33)23(15-7-8-15)35-22-11-21(19(27)13-28-22)30-10-9-20-17(24(30)32)12-29-31(20)14-16-5-3-4-6-18(16)26/h3-6,9-13,15,23H,2,7-8,14H2,1H3/t23-/m1/s1. The average molecular weight is 513 g/mol. The van der Waals surface area contributed by atoms with Crippen LogP contribution in [-0.2, 0) is 16.1 Å². The number of carbonyl (C=O) groups is 1. The van der Waals surface area contributed by atoms with Crippen molar-refractivity contribution >= 4 is 40.1 Å². The van der Waals surface area contributed by atoms with E-state index in [1.165, 1.54) is 17.0 Å². The van der Waals surface area contributed by atoms with Crippen LogP contribution in [-0.4, -0.2) is 38.0 Å². The maximum atomic E-state index is 13.3. The number of hydrogen-bond donors (Lipinski definition) is 0. The highest BCUT2D eigenvalue weighted by Crippen LogP contribution is 2.36. The minimum atomic E-state index is -0.737. The van der Waals surface area contributed by atoms with Crippen molar-refractivity contribution in [3.05, 3.63) is 81.0 Å². The van der Waals surface area contributed by atoms with E-state index in [9.17, 15) is 9.59 Å². The number of ether oxygens (including phenoxy) is 2. The third-order valence-electron chi connectivity index (χ3n) is 5.88. The Bertz CT molecular complexity index is 1460. The molecule has 3 heterocycles. The van der Waals surface area contributed by atoms with Crippen molar-refractivity contribution < 1.29 is 14.3 Å². The number of fused-ring (bicyclic) bond motifs is 1. The fourth-order valence-electron chi connectivity index (χ4n) is 3.93. The summed E-state index contributed by atoms with van der Waals surface area (Å²) in [6.07, 6.45) is 5.60. The van der Waals surface area contributed by atoms with E-state index < -0.39 is 12.1 Å². The van der Waals surface area contributed by atoms with Gasteiger partial charge in [-0.1, -0.05) is 41.4 Å². The van der Waals surface area contributed by atoms with Crippen molar-refractivity contribution in [3.63, 3.8) is 0 Å². The van der Waals surface area contributed by atoms with Crippen LogP contribution in [0.2, 0.25) is 10.0 Å². The molecular weight excluding hydrogens is 491 g/mol. The smallest absolute Gasteiger partial charge is 0.347 e. The molecule has 0 aliphatic heterocycles. The van der Waals surface area contributed by atoms with Crippen LogP contribution in [0.25, 0.3) is 16.6 Å². The van der Waals surface area contributed by atoms with Gasteiger partial charge >= 0.3 is 5.97 Å². The predicted octanol–water partition coefficient (Wildman–Crippen LogP) is 4.66. The molecule has 0 radical (unpaired) electrons. The number of nitrogens with zero attached hydrogens (tertiary/aromatic N) is 4. The molecule has 8 nitrogen and oxygen atoms in total. The SMILES string of the molecule is CCOC(=O)[C@H](Oc1cc(-n2ccc3c(cnn3Cc3ccccc3Cl)c2=O)c(Cl)cn1)C1CC1. The van der Waals surface area contributed by atoms with Gasteiger partial charge in [-0.05, 0) is 37.5 Å². The predicted molar refractivity (Wildman–Crippen MR) is 132 cm³/mol. The Labute approximate surface area is 211 Å². The third kappa shape index (κ3) is 4.76. The van der Waals surface area contributed by atoms with Crippen LogP contribution >= 0.6 is 23.2 Å². The molecule has 1 atom stereocenters. The monoisotopic (exact) mass is 512 g/mol. The van der Waals surface area contributed by atoms with Gasteiger partial charge in [0.25, 0.3) is 5.56 Å². The molecule has 10 heteroatoms. The topological polar surface area (TPSA) is 88.2 Å². The van der Waals surface area contributed by atoms with E-state index in [4.69, 9.17) is 32.7 Å². The van der Waals surface area contributed by atoms with Crippen LogP contribution < -0.4 is 10.3 Å². The summed E-state index contributed by atoms with van der Waals surface area (Å²) in [5.41, 5.74) is 1.66. The molecule has 0 unspecified atom stereocenters. The molecule has 4 aromatic rings. The quantitative estimate of drug-likeness (QED) is 0.319. The molecule has 1 fully saturated rings. The van der Waals surface area contributed by atoms with Crippen molar-refractivity contribution in [2.24, 2.45) is 5.92 Å². The number of benzene rings is 1. The molecule has 1 aliphatic rings. The Morgan fingerprint density at radius 1 is 1.17 bits per heavy atom. The highest BCUT2D eigenvalue weighted by atomic mass is 35.5. The summed E-state index contributed by atoms with van der Waals surface area (Å²) in [5, 5.41) is 5.72. The molecule has 1 saturated carbocycles. The molecule has 0 amide bonds. The van der Waals surface area contributed by atoms with Crippen molar-refractivity contribution in [1.29, 1.82) is 0 Å². The van der Waals surface area contributed by atoms with Gasteiger partial charge in [-0.2, -0.15) is 5.10 Å². The fourth-order valence-corrected chi connectivity index (χ4v) is 4.32. The van der Waals surface area contributed by atoms with Gasteiger partial charge in [0.05, 0.1) is 47.2 Å². The number of esters is 1. The number of hydrogen-bond acceptors (Lipinski definition) is 6. The lowest BCUT2D eigenvalue weighted by Crippen LogP contribution is -2.32. The minimum Gasteiger partial charge on any atom is -0.463 e. The second kappa shape index (κ2) is 9.71. The second-order valence-corrected chi connectivity index (χ2v) is 9.10. The van der Waals surface area contributed by atoms with Crippen molar-refractivity contribution in [3.8, 4) is 11.6 Å². The maximum Gasteiger partial charge on any atom is 0.347 e. The zero-order chi connectivity index (χ0) is 24.5. The van der Waals surface area contributed by atoms with Crippen LogP contribution in [0.3, 0.4) is 0 Å². The molecule has 180 valence electrons. The summed E-state index contributed by atoms with van der Waals surface area (Å²) < 4.78 is 14.2. The number of rotatable bonds is 8. The van der Waals surface area contributed by atoms with E-state index in [-0.39, 0.29) is 29.0 Å². The summed E-state index contributed by atoms with van der Waals surface area (Å²) in [4.78, 5) is 29.9. The number of aromatic nitrogens is 4. The van der Waals surface area contributed by atoms with Gasteiger partial charge in [-0.25, -0.2) is 9.78 Å². The lowest BCUT2D eigenvalue weighted by atomic mass is 10.2. The van der Waals surface area contributed by atoms with Crippen LogP contribution in [0.15, 0.2) is 59.8 Å². The Kier molecular flexibility index (Phi) is 6.49. The minimum absolute atomic E-state index is 0.0954. The lowest BCUT2D eigenvalue weighted by molar-refractivity contribution is -0.152. The number of carbonyl (C=O) groups excluding carboxylic acids is 1. The van der Waals surface area contributed by atoms with Crippen LogP contribution in [0.1, 0.15) is 25.3 Å². The summed E-state index contributed by atoms with van der Waals surface area (Å²) in [7, 11) is 0. The molecule has 35 heavy (non-hydrogen) atoms. The second-order valence-electron chi connectivity index (χ2n) is 8.29. The third-order valence-corrected chi connectivity index (χ3v) is 6.54. The number of pyridine rings is 2. The van der Waals surface area contributed by atoms with Crippen LogP contribution in [0.4, 0.5) is 0 Å². The molecule has 3 aromatic heterocycles. The van der Waals surface area contributed by atoms with Gasteiger partial charge in [0.15, 0.2) is 6.10 Å². The molecule has 0 bridgehead atoms. The van der Waals surface area contributed by atoms with Gasteiger partial charge in [-0.15, -0.1) is 0 Å². The van der Waals surface area contributed by atoms with Gasteiger partial charge in [0.2, 0.25) is 5.88 Å². The van der Waals surface area contributed by atoms with E-state index in [1.54, 1.807) is 29.9 Å². The van der Waals surface area contributed by atoms with Crippen molar-refractivity contribution in [2.75, 3.05) is 6.61 Å². The highest BCUT2D eigenvalue weighted by Gasteiger charge is 2.39. The highest BCUT2D eigenvalue weighted by molar-refractivity contribution is 6.32. The van der Waals surface area contributed by atoms with Gasteiger partial charge in [0.1, 0.15) is 0 Å². The van der Waals surface area contributed by atoms with Crippen molar-refractivity contribution in [1.82, 2.24) is 19.3 Å². The Morgan fingerprint density at radius 2 is 1.97 bits per heavy atom. The summed E-state index contributed by atoms with van der Waals surface area (Å²) >= 11 is 12.7. The molecule has 5 rings (SSSR count). The summed E-state index contributed by atoms with van der Waals surface area (Å²) in [6, 6.07) is 10.8. The van der Waals surface area contributed by atoms with Crippen molar-refractivity contribution in [2.45, 2.75) is 32.4 Å². The van der Waals surface area contributed by atoms with Gasteiger partial charge in [0, 0.05) is 23.2 Å². The average Bonchev–Trinajstić information content (AvgIpc) is 3.61.